The van der Waals surface area contributed by atoms with Gasteiger partial charge in [0, 0.05) is 5.56 Å². The summed E-state index contributed by atoms with van der Waals surface area (Å²) < 4.78 is 11.9. The maximum atomic E-state index is 5.93. The van der Waals surface area contributed by atoms with Crippen LogP contribution in [0.2, 0.25) is 0 Å². The van der Waals surface area contributed by atoms with Gasteiger partial charge in [-0.25, -0.2) is 0 Å². The van der Waals surface area contributed by atoms with Gasteiger partial charge in [-0.3, -0.25) is 0 Å². The molecule has 0 aromatic heterocycles. The molecule has 118 valence electrons. The van der Waals surface area contributed by atoms with Crippen LogP contribution >= 0.6 is 7.92 Å². The van der Waals surface area contributed by atoms with Crippen LogP contribution < -0.4 is 5.30 Å². The molecule has 0 spiro atoms. The van der Waals surface area contributed by atoms with Gasteiger partial charge in [-0.1, -0.05) is 73.7 Å². The zero-order valence-electron chi connectivity index (χ0n) is 14.5. The Morgan fingerprint density at radius 2 is 1.38 bits per heavy atom. The number of ether oxygens (including phenoxy) is 2. The Labute approximate surface area is 131 Å². The molecule has 1 heterocycles. The van der Waals surface area contributed by atoms with E-state index in [9.17, 15) is 0 Å². The van der Waals surface area contributed by atoms with Gasteiger partial charge < -0.3 is 9.47 Å². The van der Waals surface area contributed by atoms with Crippen molar-refractivity contribution in [3.8, 4) is 0 Å². The highest BCUT2D eigenvalue weighted by molar-refractivity contribution is 7.68. The maximum absolute atomic E-state index is 5.93. The van der Waals surface area contributed by atoms with Crippen molar-refractivity contribution in [2.24, 2.45) is 0 Å². The molecule has 1 fully saturated rings. The number of benzene rings is 1. The standard InChI is InChI=1S/C18H29O2P/c1-16(2,3)21(17(4,5)6)15-11-9-8-10-14(15)18(7)19-12-13-20-18/h8-11H,12-13H2,1-7H3. The molecule has 0 saturated carbocycles. The van der Waals surface area contributed by atoms with Crippen LogP contribution in [0, 0.1) is 0 Å². The van der Waals surface area contributed by atoms with Gasteiger partial charge in [-0.2, -0.15) is 0 Å². The lowest BCUT2D eigenvalue weighted by Crippen LogP contribution is -2.36. The summed E-state index contributed by atoms with van der Waals surface area (Å²) in [6.07, 6.45) is 0. The number of hydrogen-bond donors (Lipinski definition) is 0. The Morgan fingerprint density at radius 1 is 0.905 bits per heavy atom. The van der Waals surface area contributed by atoms with Crippen LogP contribution in [-0.2, 0) is 15.3 Å². The first-order valence-corrected chi connectivity index (χ1v) is 9.08. The molecular formula is C18H29O2P. The molecule has 3 heteroatoms. The van der Waals surface area contributed by atoms with Crippen LogP contribution in [0.25, 0.3) is 0 Å². The van der Waals surface area contributed by atoms with Crippen LogP contribution in [0.5, 0.6) is 0 Å². The van der Waals surface area contributed by atoms with E-state index in [1.165, 1.54) is 10.9 Å². The van der Waals surface area contributed by atoms with Crippen LogP contribution in [-0.4, -0.2) is 23.5 Å². The maximum Gasteiger partial charge on any atom is 0.192 e. The fraction of sp³-hybridized carbons (Fsp3) is 0.667. The first-order chi connectivity index (χ1) is 9.56. The van der Waals surface area contributed by atoms with Gasteiger partial charge in [-0.15, -0.1) is 0 Å². The lowest BCUT2D eigenvalue weighted by atomic mass is 10.1. The average molecular weight is 308 g/mol. The normalized spacial score (nSPS) is 19.2. The summed E-state index contributed by atoms with van der Waals surface area (Å²) in [5.41, 5.74) is 1.21. The van der Waals surface area contributed by atoms with E-state index >= 15 is 0 Å². The van der Waals surface area contributed by atoms with E-state index in [1.807, 2.05) is 0 Å². The summed E-state index contributed by atoms with van der Waals surface area (Å²) in [5, 5.41) is 1.88. The Balaban J connectivity index is 2.57. The van der Waals surface area contributed by atoms with Gasteiger partial charge in [0.2, 0.25) is 0 Å². The van der Waals surface area contributed by atoms with E-state index < -0.39 is 5.79 Å². The molecule has 1 aliphatic rings. The van der Waals surface area contributed by atoms with Crippen molar-refractivity contribution >= 4 is 13.2 Å². The molecule has 1 saturated heterocycles. The molecule has 0 unspecified atom stereocenters. The molecule has 1 aromatic carbocycles. The van der Waals surface area contributed by atoms with Crippen LogP contribution in [0.15, 0.2) is 24.3 Å². The van der Waals surface area contributed by atoms with Gasteiger partial charge >= 0.3 is 0 Å². The average Bonchev–Trinajstić information content (AvgIpc) is 2.74. The topological polar surface area (TPSA) is 18.5 Å². The largest absolute Gasteiger partial charge is 0.344 e. The van der Waals surface area contributed by atoms with E-state index in [1.54, 1.807) is 0 Å². The van der Waals surface area contributed by atoms with Crippen molar-refractivity contribution in [2.45, 2.75) is 64.6 Å². The SMILES string of the molecule is CC1(c2ccccc2P(C(C)(C)C)C(C)(C)C)OCCO1. The second-order valence-corrected chi connectivity index (χ2v) is 11.7. The molecule has 1 aromatic rings. The summed E-state index contributed by atoms with van der Waals surface area (Å²) in [5.74, 6) is -0.590. The lowest BCUT2D eigenvalue weighted by molar-refractivity contribution is -0.149. The third-order valence-corrected chi connectivity index (χ3v) is 7.37. The molecule has 0 N–H and O–H groups in total. The van der Waals surface area contributed by atoms with E-state index in [0.717, 1.165) is 0 Å². The molecular weight excluding hydrogens is 279 g/mol. The minimum atomic E-state index is -0.590. The molecule has 2 rings (SSSR count). The summed E-state index contributed by atoms with van der Waals surface area (Å²) in [6, 6.07) is 8.68. The van der Waals surface area contributed by atoms with Crippen molar-refractivity contribution in [2.75, 3.05) is 13.2 Å². The monoisotopic (exact) mass is 308 g/mol. The van der Waals surface area contributed by atoms with Gasteiger partial charge in [-0.05, 0) is 22.5 Å². The Morgan fingerprint density at radius 3 is 1.86 bits per heavy atom. The first kappa shape index (κ1) is 16.9. The third-order valence-electron chi connectivity index (χ3n) is 3.81. The van der Waals surface area contributed by atoms with Crippen molar-refractivity contribution < 1.29 is 9.47 Å². The molecule has 0 amide bonds. The lowest BCUT2D eigenvalue weighted by Gasteiger charge is -2.43. The second kappa shape index (κ2) is 5.65. The zero-order valence-corrected chi connectivity index (χ0v) is 15.4. The highest BCUT2D eigenvalue weighted by atomic mass is 31.1. The van der Waals surface area contributed by atoms with Crippen molar-refractivity contribution in [3.63, 3.8) is 0 Å². The van der Waals surface area contributed by atoms with Crippen LogP contribution in [0.3, 0.4) is 0 Å². The Bertz CT molecular complexity index is 477. The van der Waals surface area contributed by atoms with Gasteiger partial charge in [0.05, 0.1) is 13.2 Å². The van der Waals surface area contributed by atoms with E-state index in [2.05, 4.69) is 72.7 Å². The minimum absolute atomic E-state index is 0.235. The summed E-state index contributed by atoms with van der Waals surface area (Å²) in [4.78, 5) is 0. The molecule has 0 aliphatic carbocycles. The van der Waals surface area contributed by atoms with Gasteiger partial charge in [0.15, 0.2) is 5.79 Å². The zero-order chi connectivity index (χ0) is 15.9. The Hall–Kier alpha value is -0.430. The molecule has 2 nitrogen and oxygen atoms in total. The fourth-order valence-corrected chi connectivity index (χ4v) is 7.66. The molecule has 1 aliphatic heterocycles. The van der Waals surface area contributed by atoms with Crippen molar-refractivity contribution in [3.05, 3.63) is 29.8 Å². The first-order valence-electron chi connectivity index (χ1n) is 7.73. The second-order valence-electron chi connectivity index (χ2n) is 7.84. The van der Waals surface area contributed by atoms with Crippen molar-refractivity contribution in [1.82, 2.24) is 0 Å². The molecule has 21 heavy (non-hydrogen) atoms. The highest BCUT2D eigenvalue weighted by Crippen LogP contribution is 2.59. The van der Waals surface area contributed by atoms with E-state index in [0.29, 0.717) is 13.2 Å². The fourth-order valence-electron chi connectivity index (χ4n) is 3.45. The van der Waals surface area contributed by atoms with Gasteiger partial charge in [0.25, 0.3) is 0 Å². The molecule has 0 bridgehead atoms. The smallest absolute Gasteiger partial charge is 0.192 e. The minimum Gasteiger partial charge on any atom is -0.344 e. The summed E-state index contributed by atoms with van der Waals surface area (Å²) in [7, 11) is -0.367. The molecule has 0 radical (unpaired) electrons. The summed E-state index contributed by atoms with van der Waals surface area (Å²) in [6.45, 7) is 17.5. The number of rotatable bonds is 2. The highest BCUT2D eigenvalue weighted by Gasteiger charge is 2.42. The predicted molar refractivity (Wildman–Crippen MR) is 91.8 cm³/mol. The van der Waals surface area contributed by atoms with Gasteiger partial charge in [0.1, 0.15) is 0 Å². The number of hydrogen-bond acceptors (Lipinski definition) is 2. The van der Waals surface area contributed by atoms with E-state index in [4.69, 9.17) is 9.47 Å². The Kier molecular flexibility index (Phi) is 4.55. The summed E-state index contributed by atoms with van der Waals surface area (Å²) >= 11 is 0. The van der Waals surface area contributed by atoms with Crippen molar-refractivity contribution in [1.29, 1.82) is 0 Å². The quantitative estimate of drug-likeness (QED) is 0.743. The third kappa shape index (κ3) is 3.50. The van der Waals surface area contributed by atoms with Crippen LogP contribution in [0.1, 0.15) is 54.0 Å². The molecule has 0 atom stereocenters. The van der Waals surface area contributed by atoms with E-state index in [-0.39, 0.29) is 18.2 Å². The predicted octanol–water partition coefficient (Wildman–Crippen LogP) is 4.61. The van der Waals surface area contributed by atoms with Crippen LogP contribution in [0.4, 0.5) is 0 Å².